The maximum Gasteiger partial charge on any atom is 0.308 e. The van der Waals surface area contributed by atoms with Gasteiger partial charge < -0.3 is 20.0 Å². The number of hydrogen-bond acceptors (Lipinski definition) is 5. The van der Waals surface area contributed by atoms with Crippen molar-refractivity contribution < 1.29 is 24.6 Å². The van der Waals surface area contributed by atoms with E-state index in [1.807, 2.05) is 52.8 Å². The van der Waals surface area contributed by atoms with Gasteiger partial charge in [0.05, 0.1) is 29.2 Å². The smallest absolute Gasteiger partial charge is 0.308 e. The first kappa shape index (κ1) is 25.8. The summed E-state index contributed by atoms with van der Waals surface area (Å²) in [4.78, 5) is 44.2. The van der Waals surface area contributed by atoms with Crippen LogP contribution in [0.5, 0.6) is 0 Å². The second kappa shape index (κ2) is 9.28. The number of aliphatic hydroxyl groups is 1. The third-order valence-electron chi connectivity index (χ3n) is 8.25. The normalized spacial score (nSPS) is 32.1. The number of carboxylic acids is 1. The average Bonchev–Trinajstić information content (AvgIpc) is 3.38. The second-order valence-electron chi connectivity index (χ2n) is 10.7. The van der Waals surface area contributed by atoms with Crippen molar-refractivity contribution >= 4 is 35.2 Å². The molecule has 0 saturated carbocycles. The van der Waals surface area contributed by atoms with Crippen molar-refractivity contribution in [3.8, 4) is 0 Å². The van der Waals surface area contributed by atoms with Gasteiger partial charge in [0.2, 0.25) is 5.91 Å². The molecule has 7 nitrogen and oxygen atoms in total. The molecule has 2 amide bonds. The maximum atomic E-state index is 14.6. The van der Waals surface area contributed by atoms with Gasteiger partial charge in [-0.15, -0.1) is 18.3 Å². The molecule has 2 bridgehead atoms. The highest BCUT2D eigenvalue weighted by Gasteiger charge is 2.77. The molecule has 190 valence electrons. The van der Waals surface area contributed by atoms with E-state index in [2.05, 4.69) is 6.58 Å². The van der Waals surface area contributed by atoms with E-state index in [9.17, 15) is 24.6 Å². The molecule has 2 N–H and O–H groups in total. The van der Waals surface area contributed by atoms with Crippen LogP contribution in [0.25, 0.3) is 0 Å². The molecule has 4 rings (SSSR count). The number of anilines is 1. The Morgan fingerprint density at radius 1 is 1.34 bits per heavy atom. The van der Waals surface area contributed by atoms with E-state index in [0.717, 1.165) is 16.8 Å². The number of aliphatic hydroxyl groups excluding tert-OH is 1. The molecule has 8 heteroatoms. The largest absolute Gasteiger partial charge is 0.481 e. The molecule has 0 radical (unpaired) electrons. The zero-order chi connectivity index (χ0) is 25.8. The number of aliphatic carboxylic acids is 1. The lowest BCUT2D eigenvalue weighted by atomic mass is 9.66. The minimum Gasteiger partial charge on any atom is -0.481 e. The average molecular weight is 501 g/mol. The Morgan fingerprint density at radius 3 is 2.60 bits per heavy atom. The summed E-state index contributed by atoms with van der Waals surface area (Å²) >= 11 is 1.52. The molecule has 0 aliphatic carbocycles. The first-order valence-electron chi connectivity index (χ1n) is 12.3. The lowest BCUT2D eigenvalue weighted by molar-refractivity contribution is -0.150. The van der Waals surface area contributed by atoms with Crippen molar-refractivity contribution in [1.29, 1.82) is 0 Å². The molecule has 3 saturated heterocycles. The first-order chi connectivity index (χ1) is 16.5. The summed E-state index contributed by atoms with van der Waals surface area (Å²) < 4.78 is -0.846. The van der Waals surface area contributed by atoms with Crippen molar-refractivity contribution in [3.05, 3.63) is 42.0 Å². The fourth-order valence-electron chi connectivity index (χ4n) is 6.59. The summed E-state index contributed by atoms with van der Waals surface area (Å²) in [6.07, 6.45) is 2.32. The topological polar surface area (TPSA) is 98.2 Å². The molecule has 0 aromatic heterocycles. The fourth-order valence-corrected chi connectivity index (χ4v) is 8.99. The molecule has 35 heavy (non-hydrogen) atoms. The van der Waals surface area contributed by atoms with Gasteiger partial charge in [0.1, 0.15) is 6.04 Å². The monoisotopic (exact) mass is 500 g/mol. The highest BCUT2D eigenvalue weighted by atomic mass is 32.2. The zero-order valence-corrected chi connectivity index (χ0v) is 21.9. The Bertz CT molecular complexity index is 1060. The number of carbonyl (C=O) groups excluding carboxylic acids is 2. The molecule has 7 atom stereocenters. The minimum absolute atomic E-state index is 0.0170. The van der Waals surface area contributed by atoms with Crippen LogP contribution in [0.2, 0.25) is 0 Å². The van der Waals surface area contributed by atoms with Gasteiger partial charge in [-0.05, 0) is 49.3 Å². The number of benzene rings is 1. The Labute approximate surface area is 211 Å². The summed E-state index contributed by atoms with van der Waals surface area (Å²) in [5, 5.41) is 20.2. The van der Waals surface area contributed by atoms with Crippen LogP contribution in [0.4, 0.5) is 5.69 Å². The van der Waals surface area contributed by atoms with E-state index >= 15 is 0 Å². The molecule has 3 fully saturated rings. The highest BCUT2D eigenvalue weighted by Crippen LogP contribution is 2.69. The van der Waals surface area contributed by atoms with E-state index < -0.39 is 34.6 Å². The second-order valence-corrected chi connectivity index (χ2v) is 12.2. The van der Waals surface area contributed by atoms with Crippen molar-refractivity contribution in [2.24, 2.45) is 23.7 Å². The van der Waals surface area contributed by atoms with Crippen LogP contribution in [0.1, 0.15) is 38.3 Å². The van der Waals surface area contributed by atoms with E-state index in [1.165, 1.54) is 11.8 Å². The maximum absolute atomic E-state index is 14.6. The van der Waals surface area contributed by atoms with Gasteiger partial charge in [0.15, 0.2) is 0 Å². The molecule has 3 heterocycles. The van der Waals surface area contributed by atoms with Gasteiger partial charge in [-0.25, -0.2) is 0 Å². The molecular formula is C27H36N2O5S. The summed E-state index contributed by atoms with van der Waals surface area (Å²) in [5.41, 5.74) is 2.69. The van der Waals surface area contributed by atoms with E-state index in [1.54, 1.807) is 15.9 Å². The van der Waals surface area contributed by atoms with Crippen LogP contribution in [-0.2, 0) is 14.4 Å². The number of rotatable bonds is 8. The number of likely N-dealkylation sites (tertiary alicyclic amines) is 1. The summed E-state index contributed by atoms with van der Waals surface area (Å²) in [6, 6.07) is 4.47. The van der Waals surface area contributed by atoms with Gasteiger partial charge in [-0.2, -0.15) is 0 Å². The number of carboxylic acid groups (broad SMARTS) is 1. The third-order valence-corrected chi connectivity index (χ3v) is 10.3. The Kier molecular flexibility index (Phi) is 6.83. The molecule has 1 aromatic rings. The highest BCUT2D eigenvalue weighted by molar-refractivity contribution is 8.02. The van der Waals surface area contributed by atoms with Crippen LogP contribution in [-0.4, -0.2) is 68.1 Å². The number of hydrogen-bond donors (Lipinski definition) is 2. The molecule has 1 aromatic carbocycles. The molecule has 3 aliphatic heterocycles. The predicted octanol–water partition coefficient (Wildman–Crippen LogP) is 3.26. The number of amides is 2. The molecule has 3 unspecified atom stereocenters. The van der Waals surface area contributed by atoms with Crippen LogP contribution in [0, 0.1) is 37.5 Å². The predicted molar refractivity (Wildman–Crippen MR) is 137 cm³/mol. The summed E-state index contributed by atoms with van der Waals surface area (Å²) in [7, 11) is 0. The van der Waals surface area contributed by atoms with Gasteiger partial charge in [-0.3, -0.25) is 14.4 Å². The van der Waals surface area contributed by atoms with Gasteiger partial charge in [-0.1, -0.05) is 39.0 Å². The molecular weight excluding hydrogens is 464 g/mol. The Hall–Kier alpha value is -2.32. The molecule has 3 aliphatic rings. The van der Waals surface area contributed by atoms with Crippen LogP contribution >= 0.6 is 11.8 Å². The van der Waals surface area contributed by atoms with E-state index in [-0.39, 0.29) is 42.1 Å². The summed E-state index contributed by atoms with van der Waals surface area (Å²) in [5.74, 6) is -3.27. The van der Waals surface area contributed by atoms with Crippen molar-refractivity contribution in [2.75, 3.05) is 18.1 Å². The van der Waals surface area contributed by atoms with Gasteiger partial charge >= 0.3 is 5.97 Å². The number of carbonyl (C=O) groups is 3. The quantitative estimate of drug-likeness (QED) is 0.532. The van der Waals surface area contributed by atoms with E-state index in [4.69, 9.17) is 0 Å². The van der Waals surface area contributed by atoms with Crippen molar-refractivity contribution in [2.45, 2.75) is 63.1 Å². The fraction of sp³-hybridized carbons (Fsp3) is 0.593. The first-order valence-corrected chi connectivity index (χ1v) is 13.2. The minimum atomic E-state index is -0.981. The number of thioether (sulfide) groups is 1. The Balaban J connectivity index is 1.91. The van der Waals surface area contributed by atoms with Gasteiger partial charge in [0.25, 0.3) is 5.91 Å². The van der Waals surface area contributed by atoms with Crippen LogP contribution in [0.15, 0.2) is 30.9 Å². The van der Waals surface area contributed by atoms with Crippen LogP contribution in [0.3, 0.4) is 0 Å². The third kappa shape index (κ3) is 3.71. The Morgan fingerprint density at radius 2 is 2.03 bits per heavy atom. The summed E-state index contributed by atoms with van der Waals surface area (Å²) in [6.45, 7) is 13.6. The van der Waals surface area contributed by atoms with Gasteiger partial charge in [0, 0.05) is 17.5 Å². The van der Waals surface area contributed by atoms with Crippen LogP contribution < -0.4 is 4.90 Å². The lowest BCUT2D eigenvalue weighted by Crippen LogP contribution is -2.60. The van der Waals surface area contributed by atoms with Crippen molar-refractivity contribution in [3.63, 3.8) is 0 Å². The van der Waals surface area contributed by atoms with Crippen molar-refractivity contribution in [1.82, 2.24) is 4.90 Å². The standard InChI is InChI=1S/C27H36N2O5S/c1-7-10-28(18-11-15(4)8-9-16(18)5)25(32)23-27-17(6)12-20(35-27)21(26(33)34)22(27)24(31)29(23)19(13-30)14(2)3/h7-9,11,14,17,19-23,30H,1,10,12-13H2,2-6H3,(H,33,34)/t17?,19-,20+,21-,22-,23?,27?/m0/s1. The molecule has 1 spiro atoms. The number of aryl methyl sites for hydroxylation is 2. The lowest BCUT2D eigenvalue weighted by Gasteiger charge is -2.42. The van der Waals surface area contributed by atoms with E-state index in [0.29, 0.717) is 6.42 Å². The SMILES string of the molecule is C=CCN(C(=O)C1N([C@@H](CO)C(C)C)C(=O)[C@@H]2[C@@H](C(=O)O)[C@H]3CC(C)C12S3)c1cc(C)ccc1C. The number of fused-ring (bicyclic) bond motifs is 1. The zero-order valence-electron chi connectivity index (χ0n) is 21.1. The number of nitrogens with zero attached hydrogens (tertiary/aromatic N) is 2.